The second-order valence-electron chi connectivity index (χ2n) is 5.28. The number of carbonyl (C=O) groups is 1. The number of rotatable bonds is 4. The summed E-state index contributed by atoms with van der Waals surface area (Å²) in [4.78, 5) is 10.8. The van der Waals surface area contributed by atoms with E-state index in [-0.39, 0.29) is 5.69 Å². The second-order valence-corrected chi connectivity index (χ2v) is 5.28. The molecule has 0 bridgehead atoms. The molecule has 0 radical (unpaired) electrons. The van der Waals surface area contributed by atoms with Crippen LogP contribution in [-0.4, -0.2) is 30.6 Å². The van der Waals surface area contributed by atoms with Gasteiger partial charge in [0.05, 0.1) is 18.3 Å². The van der Waals surface area contributed by atoms with Crippen LogP contribution in [0, 0.1) is 0 Å². The van der Waals surface area contributed by atoms with E-state index in [1.54, 1.807) is 10.9 Å². The van der Waals surface area contributed by atoms with Crippen molar-refractivity contribution >= 4 is 5.97 Å². The minimum atomic E-state index is -1.00. The molecule has 20 heavy (non-hydrogen) atoms. The third-order valence-corrected chi connectivity index (χ3v) is 3.80. The average molecular weight is 274 g/mol. The molecule has 0 aliphatic heterocycles. The van der Waals surface area contributed by atoms with Gasteiger partial charge in [-0.25, -0.2) is 4.79 Å². The molecule has 1 N–H and O–H groups in total. The highest BCUT2D eigenvalue weighted by atomic mass is 16.4. The zero-order chi connectivity index (χ0) is 13.9. The van der Waals surface area contributed by atoms with Crippen LogP contribution in [-0.2, 0) is 6.54 Å². The van der Waals surface area contributed by atoms with E-state index in [1.807, 2.05) is 12.3 Å². The first-order valence-corrected chi connectivity index (χ1v) is 7.03. The summed E-state index contributed by atoms with van der Waals surface area (Å²) in [5, 5.41) is 17.4. The molecule has 106 valence electrons. The fraction of sp³-hybridized carbons (Fsp3) is 0.500. The molecule has 6 heteroatoms. The highest BCUT2D eigenvalue weighted by Gasteiger charge is 2.16. The van der Waals surface area contributed by atoms with Crippen LogP contribution < -0.4 is 0 Å². The van der Waals surface area contributed by atoms with Crippen LogP contribution >= 0.6 is 0 Å². The molecule has 1 aliphatic rings. The van der Waals surface area contributed by atoms with E-state index in [9.17, 15) is 4.79 Å². The van der Waals surface area contributed by atoms with E-state index >= 15 is 0 Å². The molecule has 2 aromatic rings. The monoisotopic (exact) mass is 274 g/mol. The first-order valence-electron chi connectivity index (χ1n) is 7.03. The number of nitrogens with zero attached hydrogens (tertiary/aromatic N) is 4. The number of carboxylic acid groups (broad SMARTS) is 1. The topological polar surface area (TPSA) is 72.9 Å². The summed E-state index contributed by atoms with van der Waals surface area (Å²) >= 11 is 0. The highest BCUT2D eigenvalue weighted by molar-refractivity contribution is 5.85. The SMILES string of the molecule is O=C(O)c1ccn(Cc2ccn(C3CCCCC3)n2)n1. The molecule has 3 rings (SSSR count). The molecule has 0 atom stereocenters. The fourth-order valence-corrected chi connectivity index (χ4v) is 2.74. The lowest BCUT2D eigenvalue weighted by molar-refractivity contribution is 0.0689. The molecule has 1 fully saturated rings. The standard InChI is InChI=1S/C14H18N4O2/c19-14(20)13-7-8-17(16-13)10-11-6-9-18(15-11)12-4-2-1-3-5-12/h6-9,12H,1-5,10H2,(H,19,20). The fourth-order valence-electron chi connectivity index (χ4n) is 2.74. The third-order valence-electron chi connectivity index (χ3n) is 3.80. The lowest BCUT2D eigenvalue weighted by Crippen LogP contribution is -2.14. The number of aromatic carboxylic acids is 1. The predicted octanol–water partition coefficient (Wildman–Crippen LogP) is 2.33. The summed E-state index contributed by atoms with van der Waals surface area (Å²) in [6, 6.07) is 4.00. The van der Waals surface area contributed by atoms with Gasteiger partial charge in [0.1, 0.15) is 0 Å². The highest BCUT2D eigenvalue weighted by Crippen LogP contribution is 2.27. The van der Waals surface area contributed by atoms with Crippen molar-refractivity contribution in [2.75, 3.05) is 0 Å². The number of hydrogen-bond donors (Lipinski definition) is 1. The van der Waals surface area contributed by atoms with Gasteiger partial charge in [-0.2, -0.15) is 10.2 Å². The summed E-state index contributed by atoms with van der Waals surface area (Å²) in [5.74, 6) is -1.00. The lowest BCUT2D eigenvalue weighted by atomic mass is 9.96. The lowest BCUT2D eigenvalue weighted by Gasteiger charge is -2.21. The van der Waals surface area contributed by atoms with Gasteiger partial charge in [0.15, 0.2) is 5.69 Å². The average Bonchev–Trinajstić information content (AvgIpc) is 3.10. The van der Waals surface area contributed by atoms with Gasteiger partial charge in [-0.3, -0.25) is 9.36 Å². The molecular weight excluding hydrogens is 256 g/mol. The van der Waals surface area contributed by atoms with E-state index in [0.717, 1.165) is 5.69 Å². The van der Waals surface area contributed by atoms with Gasteiger partial charge in [-0.15, -0.1) is 0 Å². The molecule has 1 saturated carbocycles. The summed E-state index contributed by atoms with van der Waals surface area (Å²) in [5.41, 5.74) is 0.979. The van der Waals surface area contributed by atoms with Crippen LogP contribution in [0.3, 0.4) is 0 Å². The molecule has 1 aliphatic carbocycles. The zero-order valence-electron chi connectivity index (χ0n) is 11.3. The Balaban J connectivity index is 1.68. The Morgan fingerprint density at radius 3 is 2.70 bits per heavy atom. The predicted molar refractivity (Wildman–Crippen MR) is 72.6 cm³/mol. The molecule has 2 aromatic heterocycles. The molecule has 6 nitrogen and oxygen atoms in total. The van der Waals surface area contributed by atoms with Crippen molar-refractivity contribution in [1.29, 1.82) is 0 Å². The Kier molecular flexibility index (Phi) is 3.54. The Bertz CT molecular complexity index is 596. The van der Waals surface area contributed by atoms with E-state index < -0.39 is 5.97 Å². The van der Waals surface area contributed by atoms with Gasteiger partial charge < -0.3 is 5.11 Å². The minimum absolute atomic E-state index is 0.0664. The van der Waals surface area contributed by atoms with Crippen molar-refractivity contribution < 1.29 is 9.90 Å². The third kappa shape index (κ3) is 2.74. The van der Waals surface area contributed by atoms with E-state index in [1.165, 1.54) is 38.2 Å². The summed E-state index contributed by atoms with van der Waals surface area (Å²) in [7, 11) is 0. The van der Waals surface area contributed by atoms with Gasteiger partial charge in [0.25, 0.3) is 0 Å². The van der Waals surface area contributed by atoms with Crippen molar-refractivity contribution in [2.24, 2.45) is 0 Å². The molecule has 0 spiro atoms. The van der Waals surface area contributed by atoms with Gasteiger partial charge in [-0.05, 0) is 25.0 Å². The smallest absolute Gasteiger partial charge is 0.356 e. The van der Waals surface area contributed by atoms with Crippen LogP contribution in [0.2, 0.25) is 0 Å². The maximum absolute atomic E-state index is 10.8. The van der Waals surface area contributed by atoms with Crippen LogP contribution in [0.5, 0.6) is 0 Å². The van der Waals surface area contributed by atoms with Gasteiger partial charge >= 0.3 is 5.97 Å². The summed E-state index contributed by atoms with van der Waals surface area (Å²) < 4.78 is 3.66. The maximum atomic E-state index is 10.8. The molecule has 0 amide bonds. The van der Waals surface area contributed by atoms with E-state index in [4.69, 9.17) is 5.11 Å². The summed E-state index contributed by atoms with van der Waals surface area (Å²) in [6.07, 6.45) is 9.98. The Morgan fingerprint density at radius 2 is 2.00 bits per heavy atom. The zero-order valence-corrected chi connectivity index (χ0v) is 11.3. The van der Waals surface area contributed by atoms with Crippen molar-refractivity contribution in [3.8, 4) is 0 Å². The normalized spacial score (nSPS) is 16.4. The molecular formula is C14H18N4O2. The van der Waals surface area contributed by atoms with Gasteiger partial charge in [0, 0.05) is 12.4 Å². The van der Waals surface area contributed by atoms with E-state index in [2.05, 4.69) is 14.9 Å². The maximum Gasteiger partial charge on any atom is 0.356 e. The Morgan fingerprint density at radius 1 is 1.20 bits per heavy atom. The van der Waals surface area contributed by atoms with Crippen molar-refractivity contribution in [3.05, 3.63) is 35.9 Å². The van der Waals surface area contributed by atoms with Crippen molar-refractivity contribution in [2.45, 2.75) is 44.7 Å². The Labute approximate surface area is 117 Å². The molecule has 0 aromatic carbocycles. The molecule has 0 saturated heterocycles. The molecule has 0 unspecified atom stereocenters. The van der Waals surface area contributed by atoms with Gasteiger partial charge in [-0.1, -0.05) is 19.3 Å². The van der Waals surface area contributed by atoms with Crippen molar-refractivity contribution in [3.63, 3.8) is 0 Å². The van der Waals surface area contributed by atoms with Crippen LogP contribution in [0.25, 0.3) is 0 Å². The number of aromatic nitrogens is 4. The van der Waals surface area contributed by atoms with Gasteiger partial charge in [0.2, 0.25) is 0 Å². The first-order chi connectivity index (χ1) is 9.72. The van der Waals surface area contributed by atoms with E-state index in [0.29, 0.717) is 12.6 Å². The number of hydrogen-bond acceptors (Lipinski definition) is 3. The first kappa shape index (κ1) is 12.9. The molecule has 2 heterocycles. The minimum Gasteiger partial charge on any atom is -0.476 e. The number of carboxylic acids is 1. The largest absolute Gasteiger partial charge is 0.476 e. The Hall–Kier alpha value is -2.11. The van der Waals surface area contributed by atoms with Crippen LogP contribution in [0.1, 0.15) is 54.3 Å². The second kappa shape index (κ2) is 5.48. The quantitative estimate of drug-likeness (QED) is 0.928. The van der Waals surface area contributed by atoms with Crippen molar-refractivity contribution in [1.82, 2.24) is 19.6 Å². The van der Waals surface area contributed by atoms with Crippen LogP contribution in [0.15, 0.2) is 24.5 Å². The summed E-state index contributed by atoms with van der Waals surface area (Å²) in [6.45, 7) is 0.507. The van der Waals surface area contributed by atoms with Crippen LogP contribution in [0.4, 0.5) is 0 Å².